The number of aromatic nitrogens is 1. The molecule has 0 aliphatic carbocycles. The van der Waals surface area contributed by atoms with Crippen LogP contribution < -0.4 is 4.74 Å². The number of hydrogen-bond acceptors (Lipinski definition) is 2. The first-order valence-corrected chi connectivity index (χ1v) is 5.66. The molecule has 1 heterocycles. The Hall–Kier alpha value is -2.23. The molecule has 1 aromatic carbocycles. The van der Waals surface area contributed by atoms with Crippen molar-refractivity contribution in [1.82, 2.24) is 4.57 Å². The van der Waals surface area contributed by atoms with Gasteiger partial charge >= 0.3 is 6.16 Å². The van der Waals surface area contributed by atoms with E-state index in [0.29, 0.717) is 5.75 Å². The van der Waals surface area contributed by atoms with Gasteiger partial charge in [0.1, 0.15) is 0 Å². The van der Waals surface area contributed by atoms with Crippen molar-refractivity contribution in [1.29, 1.82) is 0 Å². The summed E-state index contributed by atoms with van der Waals surface area (Å²) in [6.45, 7) is 2.05. The maximum absolute atomic E-state index is 10.5. The molecular weight excluding hydrogens is 230 g/mol. The van der Waals surface area contributed by atoms with Gasteiger partial charge in [0.2, 0.25) is 0 Å². The summed E-state index contributed by atoms with van der Waals surface area (Å²) in [5, 5.41) is 8.56. The number of hydrogen-bond donors (Lipinski definition) is 1. The third-order valence-electron chi connectivity index (χ3n) is 2.79. The van der Waals surface area contributed by atoms with E-state index in [4.69, 9.17) is 5.11 Å². The predicted octanol–water partition coefficient (Wildman–Crippen LogP) is 2.98. The van der Waals surface area contributed by atoms with E-state index in [1.54, 1.807) is 12.3 Å². The van der Waals surface area contributed by atoms with Crippen LogP contribution >= 0.6 is 0 Å². The van der Waals surface area contributed by atoms with Gasteiger partial charge in [-0.15, -0.1) is 0 Å². The molecular formula is C14H15NO3. The van der Waals surface area contributed by atoms with Gasteiger partial charge in [-0.25, -0.2) is 4.79 Å². The maximum atomic E-state index is 10.5. The molecule has 0 atom stereocenters. The Labute approximate surface area is 105 Å². The van der Waals surface area contributed by atoms with Crippen LogP contribution in [0.25, 0.3) is 0 Å². The molecule has 0 aliphatic rings. The Balaban J connectivity index is 2.16. The van der Waals surface area contributed by atoms with Crippen molar-refractivity contribution in [3.63, 3.8) is 0 Å². The summed E-state index contributed by atoms with van der Waals surface area (Å²) in [7, 11) is 1.87. The minimum absolute atomic E-state index is 0.354. The normalized spacial score (nSPS) is 10.3. The average molecular weight is 245 g/mol. The van der Waals surface area contributed by atoms with Gasteiger partial charge < -0.3 is 14.4 Å². The Morgan fingerprint density at radius 3 is 2.61 bits per heavy atom. The van der Waals surface area contributed by atoms with Gasteiger partial charge in [-0.3, -0.25) is 0 Å². The summed E-state index contributed by atoms with van der Waals surface area (Å²) in [5.74, 6) is 0.354. The lowest BCUT2D eigenvalue weighted by Gasteiger charge is -2.03. The molecule has 2 aromatic rings. The summed E-state index contributed by atoms with van der Waals surface area (Å²) in [6.07, 6.45) is 1.12. The van der Waals surface area contributed by atoms with Crippen LogP contribution in [0.5, 0.6) is 5.75 Å². The first-order valence-electron chi connectivity index (χ1n) is 5.66. The highest BCUT2D eigenvalue weighted by molar-refractivity contribution is 5.61. The van der Waals surface area contributed by atoms with Crippen molar-refractivity contribution in [3.8, 4) is 5.75 Å². The zero-order chi connectivity index (χ0) is 13.1. The maximum Gasteiger partial charge on any atom is 0.511 e. The van der Waals surface area contributed by atoms with Crippen molar-refractivity contribution in [2.24, 2.45) is 7.05 Å². The quantitative estimate of drug-likeness (QED) is 0.846. The predicted molar refractivity (Wildman–Crippen MR) is 68.1 cm³/mol. The molecule has 0 aliphatic heterocycles. The summed E-state index contributed by atoms with van der Waals surface area (Å²) in [6, 6.07) is 10.0. The molecule has 4 nitrogen and oxygen atoms in total. The number of aryl methyl sites for hydroxylation is 2. The Morgan fingerprint density at radius 2 is 2.00 bits per heavy atom. The van der Waals surface area contributed by atoms with Gasteiger partial charge in [-0.1, -0.05) is 29.8 Å². The first-order chi connectivity index (χ1) is 8.54. The molecule has 0 unspecified atom stereocenters. The lowest BCUT2D eigenvalue weighted by molar-refractivity contribution is 0.144. The second-order valence-corrected chi connectivity index (χ2v) is 4.31. The summed E-state index contributed by atoms with van der Waals surface area (Å²) in [5.41, 5.74) is 3.42. The summed E-state index contributed by atoms with van der Waals surface area (Å²) < 4.78 is 6.50. The van der Waals surface area contributed by atoms with E-state index in [-0.39, 0.29) is 0 Å². The van der Waals surface area contributed by atoms with Crippen LogP contribution in [0, 0.1) is 6.92 Å². The fourth-order valence-corrected chi connectivity index (χ4v) is 1.82. The molecule has 0 saturated carbocycles. The van der Waals surface area contributed by atoms with Gasteiger partial charge in [-0.05, 0) is 12.5 Å². The van der Waals surface area contributed by atoms with Crippen molar-refractivity contribution in [3.05, 3.63) is 53.3 Å². The SMILES string of the molecule is Cc1ccc(Cc2cc(OC(=O)O)cn2C)cc1. The van der Waals surface area contributed by atoms with Crippen LogP contribution in [-0.4, -0.2) is 15.8 Å². The Morgan fingerprint density at radius 1 is 1.33 bits per heavy atom. The Kier molecular flexibility index (Phi) is 3.37. The van der Waals surface area contributed by atoms with Crippen molar-refractivity contribution >= 4 is 6.16 Å². The minimum Gasteiger partial charge on any atom is -0.449 e. The summed E-state index contributed by atoms with van der Waals surface area (Å²) >= 11 is 0. The van der Waals surface area contributed by atoms with Gasteiger partial charge in [0, 0.05) is 31.4 Å². The molecule has 0 fully saturated rings. The molecule has 0 saturated heterocycles. The van der Waals surface area contributed by atoms with Crippen LogP contribution in [0.15, 0.2) is 36.5 Å². The van der Waals surface area contributed by atoms with Crippen LogP contribution in [0.4, 0.5) is 4.79 Å². The van der Waals surface area contributed by atoms with E-state index in [0.717, 1.165) is 12.1 Å². The third kappa shape index (κ3) is 2.91. The minimum atomic E-state index is -1.29. The standard InChI is InChI=1S/C14H15NO3/c1-10-3-5-11(6-4-10)7-12-8-13(9-15(12)2)18-14(16)17/h3-6,8-9H,7H2,1-2H3,(H,16,17). The monoisotopic (exact) mass is 245 g/mol. The van der Waals surface area contributed by atoms with E-state index < -0.39 is 6.16 Å². The Bertz CT molecular complexity index is 555. The first kappa shape index (κ1) is 12.2. The fraction of sp³-hybridized carbons (Fsp3) is 0.214. The van der Waals surface area contributed by atoms with Crippen molar-refractivity contribution in [2.75, 3.05) is 0 Å². The fourth-order valence-electron chi connectivity index (χ4n) is 1.82. The highest BCUT2D eigenvalue weighted by Gasteiger charge is 2.08. The molecule has 4 heteroatoms. The van der Waals surface area contributed by atoms with Crippen molar-refractivity contribution in [2.45, 2.75) is 13.3 Å². The molecule has 1 aromatic heterocycles. The van der Waals surface area contributed by atoms with E-state index in [2.05, 4.69) is 29.0 Å². The number of benzene rings is 1. The molecule has 0 radical (unpaired) electrons. The van der Waals surface area contributed by atoms with Gasteiger partial charge in [0.15, 0.2) is 5.75 Å². The lowest BCUT2D eigenvalue weighted by atomic mass is 10.1. The van der Waals surface area contributed by atoms with Gasteiger partial charge in [-0.2, -0.15) is 0 Å². The lowest BCUT2D eigenvalue weighted by Crippen LogP contribution is -2.01. The van der Waals surface area contributed by atoms with Crippen LogP contribution in [0.3, 0.4) is 0 Å². The van der Waals surface area contributed by atoms with E-state index in [9.17, 15) is 4.79 Å². The van der Waals surface area contributed by atoms with Crippen LogP contribution in [0.2, 0.25) is 0 Å². The number of rotatable bonds is 3. The molecule has 0 amide bonds. The molecule has 18 heavy (non-hydrogen) atoms. The number of nitrogens with zero attached hydrogens (tertiary/aromatic N) is 1. The molecule has 2 rings (SSSR count). The molecule has 0 bridgehead atoms. The highest BCUT2D eigenvalue weighted by atomic mass is 16.7. The second kappa shape index (κ2) is 4.96. The molecule has 0 spiro atoms. The third-order valence-corrected chi connectivity index (χ3v) is 2.79. The van der Waals surface area contributed by atoms with Crippen molar-refractivity contribution < 1.29 is 14.6 Å². The smallest absolute Gasteiger partial charge is 0.449 e. The van der Waals surface area contributed by atoms with E-state index in [1.165, 1.54) is 11.1 Å². The number of carbonyl (C=O) groups is 1. The van der Waals surface area contributed by atoms with Crippen LogP contribution in [0.1, 0.15) is 16.8 Å². The second-order valence-electron chi connectivity index (χ2n) is 4.31. The highest BCUT2D eigenvalue weighted by Crippen LogP contribution is 2.18. The zero-order valence-corrected chi connectivity index (χ0v) is 10.4. The average Bonchev–Trinajstić information content (AvgIpc) is 2.61. The van der Waals surface area contributed by atoms with Gasteiger partial charge in [0.25, 0.3) is 0 Å². The number of carboxylic acid groups (broad SMARTS) is 1. The largest absolute Gasteiger partial charge is 0.511 e. The van der Waals surface area contributed by atoms with E-state index >= 15 is 0 Å². The topological polar surface area (TPSA) is 51.5 Å². The summed E-state index contributed by atoms with van der Waals surface area (Å²) in [4.78, 5) is 10.5. The van der Waals surface area contributed by atoms with Gasteiger partial charge in [0.05, 0.1) is 0 Å². The molecule has 1 N–H and O–H groups in total. The zero-order valence-electron chi connectivity index (χ0n) is 10.4. The molecule has 94 valence electrons. The van der Waals surface area contributed by atoms with E-state index in [1.807, 2.05) is 18.5 Å². The van der Waals surface area contributed by atoms with Crippen LogP contribution in [-0.2, 0) is 13.5 Å². The number of ether oxygens (including phenoxy) is 1.